The molecule has 10 heteroatoms. The van der Waals surface area contributed by atoms with Crippen LogP contribution in [0.25, 0.3) is 16.8 Å². The van der Waals surface area contributed by atoms with Crippen molar-refractivity contribution in [1.29, 1.82) is 0 Å². The maximum atomic E-state index is 13.6. The van der Waals surface area contributed by atoms with Crippen molar-refractivity contribution < 1.29 is 18.7 Å². The Labute approximate surface area is 199 Å². The number of fused-ring (bicyclic) bond motifs is 4. The highest BCUT2D eigenvalue weighted by Crippen LogP contribution is 2.30. The molecule has 34 heavy (non-hydrogen) atoms. The van der Waals surface area contributed by atoms with Gasteiger partial charge in [-0.3, -0.25) is 4.79 Å². The van der Waals surface area contributed by atoms with Crippen molar-refractivity contribution in [3.8, 4) is 16.9 Å². The van der Waals surface area contributed by atoms with Gasteiger partial charge in [0.2, 0.25) is 0 Å². The summed E-state index contributed by atoms with van der Waals surface area (Å²) in [6.07, 6.45) is 3.56. The molecule has 2 aromatic carbocycles. The Morgan fingerprint density at radius 2 is 2.09 bits per heavy atom. The van der Waals surface area contributed by atoms with Crippen LogP contribution in [-0.2, 0) is 11.3 Å². The highest BCUT2D eigenvalue weighted by atomic mass is 35.5. The van der Waals surface area contributed by atoms with E-state index < -0.39 is 5.82 Å². The molecule has 0 saturated heterocycles. The van der Waals surface area contributed by atoms with E-state index in [2.05, 4.69) is 20.7 Å². The Bertz CT molecular complexity index is 1340. The molecule has 0 fully saturated rings. The molecule has 4 aromatic rings. The van der Waals surface area contributed by atoms with Gasteiger partial charge in [-0.05, 0) is 47.5 Å². The average molecular weight is 482 g/mol. The van der Waals surface area contributed by atoms with E-state index in [0.29, 0.717) is 42.3 Å². The molecule has 0 saturated carbocycles. The Hall–Kier alpha value is -3.69. The number of nitrogens with zero attached hydrogens (tertiary/aromatic N) is 3. The number of anilines is 1. The lowest BCUT2D eigenvalue weighted by atomic mass is 10.0. The van der Waals surface area contributed by atoms with Gasteiger partial charge >= 0.3 is 0 Å². The fourth-order valence-corrected chi connectivity index (χ4v) is 3.97. The third kappa shape index (κ3) is 4.80. The van der Waals surface area contributed by atoms with E-state index in [4.69, 9.17) is 21.1 Å². The van der Waals surface area contributed by atoms with Crippen LogP contribution in [0.1, 0.15) is 15.9 Å². The Kier molecular flexibility index (Phi) is 6.29. The summed E-state index contributed by atoms with van der Waals surface area (Å²) in [5.74, 6) is 0.313. The highest BCUT2D eigenvalue weighted by molar-refractivity contribution is 6.30. The molecule has 0 atom stereocenters. The van der Waals surface area contributed by atoms with Crippen molar-refractivity contribution in [3.05, 3.63) is 76.8 Å². The van der Waals surface area contributed by atoms with Crippen LogP contribution in [0.15, 0.2) is 54.9 Å². The van der Waals surface area contributed by atoms with Crippen LogP contribution in [0.2, 0.25) is 5.02 Å². The first-order valence-corrected chi connectivity index (χ1v) is 11.1. The van der Waals surface area contributed by atoms with Gasteiger partial charge in [-0.2, -0.15) is 5.10 Å². The van der Waals surface area contributed by atoms with Crippen LogP contribution >= 0.6 is 11.6 Å². The molecule has 174 valence electrons. The minimum atomic E-state index is -0.460. The largest absolute Gasteiger partial charge is 0.490 e. The van der Waals surface area contributed by atoms with E-state index in [-0.39, 0.29) is 24.1 Å². The molecule has 4 bridgehead atoms. The highest BCUT2D eigenvalue weighted by Gasteiger charge is 2.17. The first-order chi connectivity index (χ1) is 16.6. The molecule has 5 rings (SSSR count). The second kappa shape index (κ2) is 9.66. The van der Waals surface area contributed by atoms with E-state index in [1.165, 1.54) is 12.1 Å². The Morgan fingerprint density at radius 1 is 1.18 bits per heavy atom. The van der Waals surface area contributed by atoms with Crippen molar-refractivity contribution in [2.45, 2.75) is 6.54 Å². The molecule has 0 unspecified atom stereocenters. The molecule has 3 heterocycles. The maximum absolute atomic E-state index is 13.6. The van der Waals surface area contributed by atoms with Gasteiger partial charge in [-0.25, -0.2) is 13.9 Å². The summed E-state index contributed by atoms with van der Waals surface area (Å²) in [4.78, 5) is 17.6. The number of benzene rings is 2. The summed E-state index contributed by atoms with van der Waals surface area (Å²) >= 11 is 5.91. The summed E-state index contributed by atoms with van der Waals surface area (Å²) in [5, 5.41) is 10.7. The Morgan fingerprint density at radius 3 is 2.97 bits per heavy atom. The zero-order valence-electron chi connectivity index (χ0n) is 18.1. The van der Waals surface area contributed by atoms with Crippen molar-refractivity contribution in [1.82, 2.24) is 19.9 Å². The summed E-state index contributed by atoms with van der Waals surface area (Å²) in [7, 11) is 0. The fraction of sp³-hybridized carbons (Fsp3) is 0.208. The molecule has 2 aromatic heterocycles. The zero-order chi connectivity index (χ0) is 23.5. The summed E-state index contributed by atoms with van der Waals surface area (Å²) in [5.41, 5.74) is 3.20. The molecule has 2 N–H and O–H groups in total. The minimum Gasteiger partial charge on any atom is -0.490 e. The third-order valence-electron chi connectivity index (χ3n) is 5.32. The predicted octanol–water partition coefficient (Wildman–Crippen LogP) is 3.94. The smallest absolute Gasteiger partial charge is 0.255 e. The van der Waals surface area contributed by atoms with Gasteiger partial charge in [0.1, 0.15) is 24.0 Å². The maximum Gasteiger partial charge on any atom is 0.255 e. The number of aromatic nitrogens is 3. The van der Waals surface area contributed by atoms with E-state index in [1.54, 1.807) is 28.9 Å². The first kappa shape index (κ1) is 22.1. The lowest BCUT2D eigenvalue weighted by Crippen LogP contribution is -2.24. The monoisotopic (exact) mass is 481 g/mol. The number of hydrogen-bond acceptors (Lipinski definition) is 6. The van der Waals surface area contributed by atoms with Crippen molar-refractivity contribution in [2.24, 2.45) is 0 Å². The molecule has 0 aliphatic carbocycles. The molecular formula is C24H21ClFN5O3. The number of amides is 1. The summed E-state index contributed by atoms with van der Waals surface area (Å²) in [6, 6.07) is 11.3. The number of carbonyl (C=O) groups excluding carboxylic acids is 1. The predicted molar refractivity (Wildman–Crippen MR) is 126 cm³/mol. The van der Waals surface area contributed by atoms with E-state index >= 15 is 0 Å². The van der Waals surface area contributed by atoms with Crippen LogP contribution in [0.3, 0.4) is 0 Å². The van der Waals surface area contributed by atoms with Crippen molar-refractivity contribution >= 4 is 29.0 Å². The molecule has 0 radical (unpaired) electrons. The normalized spacial score (nSPS) is 13.7. The van der Waals surface area contributed by atoms with Crippen LogP contribution in [0, 0.1) is 5.82 Å². The van der Waals surface area contributed by atoms with Gasteiger partial charge in [0, 0.05) is 29.9 Å². The average Bonchev–Trinajstić information content (AvgIpc) is 3.24. The van der Waals surface area contributed by atoms with Gasteiger partial charge in [0.25, 0.3) is 5.91 Å². The van der Waals surface area contributed by atoms with E-state index in [1.807, 2.05) is 18.3 Å². The van der Waals surface area contributed by atoms with Crippen molar-refractivity contribution in [3.63, 3.8) is 0 Å². The molecular weight excluding hydrogens is 461 g/mol. The van der Waals surface area contributed by atoms with Crippen LogP contribution in [-0.4, -0.2) is 46.9 Å². The molecule has 8 nitrogen and oxygen atoms in total. The van der Waals surface area contributed by atoms with Gasteiger partial charge in [-0.15, -0.1) is 0 Å². The molecule has 1 aliphatic rings. The number of nitrogens with one attached hydrogen (secondary N) is 2. The summed E-state index contributed by atoms with van der Waals surface area (Å²) < 4.78 is 26.8. The molecule has 0 spiro atoms. The number of carbonyl (C=O) groups is 1. The number of ether oxygens (including phenoxy) is 2. The van der Waals surface area contributed by atoms with Crippen LogP contribution in [0.5, 0.6) is 5.75 Å². The molecule has 1 amide bonds. The van der Waals surface area contributed by atoms with Gasteiger partial charge in [0.15, 0.2) is 5.65 Å². The van der Waals surface area contributed by atoms with Gasteiger partial charge in [0.05, 0.1) is 25.0 Å². The van der Waals surface area contributed by atoms with Crippen LogP contribution in [0.4, 0.5) is 10.2 Å². The Balaban J connectivity index is 1.46. The van der Waals surface area contributed by atoms with Gasteiger partial charge in [-0.1, -0.05) is 17.7 Å². The second-order valence-electron chi connectivity index (χ2n) is 7.70. The van der Waals surface area contributed by atoms with Gasteiger partial charge < -0.3 is 20.1 Å². The standard InChI is InChI=1S/C24H21ClFN5O3/c25-17-9-15(10-18(26)12-17)13-28-24(32)19-2-1-16-11-21(19)34-8-7-33-6-4-27-22-3-5-31-23(30-22)20(16)14-29-31/h1-3,5,9-12,14H,4,6-8,13H2,(H,27,30)(H,28,32). The number of hydrogen-bond donors (Lipinski definition) is 2. The van der Waals surface area contributed by atoms with E-state index in [9.17, 15) is 9.18 Å². The van der Waals surface area contributed by atoms with Crippen molar-refractivity contribution in [2.75, 3.05) is 31.7 Å². The fourth-order valence-electron chi connectivity index (χ4n) is 3.72. The van der Waals surface area contributed by atoms with E-state index in [0.717, 1.165) is 16.9 Å². The quantitative estimate of drug-likeness (QED) is 0.460. The number of rotatable bonds is 3. The second-order valence-corrected chi connectivity index (χ2v) is 8.13. The topological polar surface area (TPSA) is 89.8 Å². The SMILES string of the molecule is O=C(NCc1cc(F)cc(Cl)c1)c1ccc2cc1OCCOCCNc1ccn3ncc-2c3n1. The zero-order valence-corrected chi connectivity index (χ0v) is 18.8. The first-order valence-electron chi connectivity index (χ1n) is 10.7. The lowest BCUT2D eigenvalue weighted by molar-refractivity contribution is 0.0932. The lowest BCUT2D eigenvalue weighted by Gasteiger charge is -2.15. The van der Waals surface area contributed by atoms with Crippen LogP contribution < -0.4 is 15.4 Å². The third-order valence-corrected chi connectivity index (χ3v) is 5.54. The molecule has 1 aliphatic heterocycles. The number of halogens is 2. The minimum absolute atomic E-state index is 0.119. The summed E-state index contributed by atoms with van der Waals surface area (Å²) in [6.45, 7) is 1.83.